The van der Waals surface area contributed by atoms with E-state index < -0.39 is 10.8 Å². The number of rotatable bonds is 6. The van der Waals surface area contributed by atoms with Crippen molar-refractivity contribution in [2.75, 3.05) is 13.4 Å². The summed E-state index contributed by atoms with van der Waals surface area (Å²) in [5.74, 6) is 1.19. The molecule has 3 rings (SSSR count). The van der Waals surface area contributed by atoms with Crippen molar-refractivity contribution in [1.29, 1.82) is 0 Å². The van der Waals surface area contributed by atoms with Crippen LogP contribution in [0.15, 0.2) is 35.4 Å². The topological polar surface area (TPSA) is 112 Å². The lowest BCUT2D eigenvalue weighted by Gasteiger charge is -2.05. The number of fused-ring (bicyclic) bond motifs is 1. The van der Waals surface area contributed by atoms with Crippen LogP contribution in [0.1, 0.15) is 4.88 Å². The molecule has 1 amide bonds. The predicted octanol–water partition coefficient (Wildman–Crippen LogP) is 1.91. The fourth-order valence-electron chi connectivity index (χ4n) is 1.83. The molecule has 0 unspecified atom stereocenters. The summed E-state index contributed by atoms with van der Waals surface area (Å²) in [6.07, 6.45) is 1.33. The first kappa shape index (κ1) is 15.7. The van der Waals surface area contributed by atoms with Gasteiger partial charge >= 0.3 is 5.00 Å². The highest BCUT2D eigenvalue weighted by Crippen LogP contribution is 2.35. The van der Waals surface area contributed by atoms with Crippen molar-refractivity contribution in [3.05, 3.63) is 45.3 Å². The lowest BCUT2D eigenvalue weighted by atomic mass is 10.3. The Bertz CT molecular complexity index is 804. The van der Waals surface area contributed by atoms with Crippen LogP contribution in [0.3, 0.4) is 0 Å². The van der Waals surface area contributed by atoms with Crippen molar-refractivity contribution < 1.29 is 23.9 Å². The van der Waals surface area contributed by atoms with E-state index >= 15 is 0 Å². The molecule has 0 atom stereocenters. The standard InChI is InChI=1S/C14H11N3O6S/c18-13(16-15-6-10-2-4-14(24-10)17(19)20)7-21-9-1-3-11-12(5-9)23-8-22-11/h1-6H,7-8H2,(H,16,18)/b15-6+. The summed E-state index contributed by atoms with van der Waals surface area (Å²) < 4.78 is 15.7. The number of thiophene rings is 1. The molecule has 0 spiro atoms. The molecule has 1 aromatic carbocycles. The summed E-state index contributed by atoms with van der Waals surface area (Å²) in [4.78, 5) is 22.3. The molecule has 24 heavy (non-hydrogen) atoms. The van der Waals surface area contributed by atoms with Gasteiger partial charge in [-0.25, -0.2) is 5.43 Å². The summed E-state index contributed by atoms with van der Waals surface area (Å²) >= 11 is 0.958. The van der Waals surface area contributed by atoms with Gasteiger partial charge in [-0.05, 0) is 18.2 Å². The second-order valence-electron chi connectivity index (χ2n) is 4.53. The molecule has 2 aromatic rings. The quantitative estimate of drug-likeness (QED) is 0.484. The van der Waals surface area contributed by atoms with E-state index in [0.717, 1.165) is 11.3 Å². The summed E-state index contributed by atoms with van der Waals surface area (Å²) in [6.45, 7) is -0.0730. The maximum absolute atomic E-state index is 11.6. The molecule has 9 nitrogen and oxygen atoms in total. The normalized spacial score (nSPS) is 12.3. The molecule has 0 radical (unpaired) electrons. The average molecular weight is 349 g/mol. The first-order valence-electron chi connectivity index (χ1n) is 6.70. The van der Waals surface area contributed by atoms with Crippen molar-refractivity contribution in [2.45, 2.75) is 0 Å². The van der Waals surface area contributed by atoms with E-state index in [4.69, 9.17) is 14.2 Å². The van der Waals surface area contributed by atoms with E-state index in [1.54, 1.807) is 24.3 Å². The molecule has 1 aromatic heterocycles. The molecular formula is C14H11N3O6S. The fraction of sp³-hybridized carbons (Fsp3) is 0.143. The third-order valence-corrected chi connectivity index (χ3v) is 3.86. The van der Waals surface area contributed by atoms with Crippen LogP contribution < -0.4 is 19.6 Å². The van der Waals surface area contributed by atoms with Crippen molar-refractivity contribution in [2.24, 2.45) is 5.10 Å². The van der Waals surface area contributed by atoms with E-state index in [0.29, 0.717) is 22.1 Å². The average Bonchev–Trinajstić information content (AvgIpc) is 3.21. The smallest absolute Gasteiger partial charge is 0.324 e. The van der Waals surface area contributed by atoms with Gasteiger partial charge in [-0.2, -0.15) is 5.10 Å². The van der Waals surface area contributed by atoms with Crippen LogP contribution in [0, 0.1) is 10.1 Å². The van der Waals surface area contributed by atoms with Gasteiger partial charge in [0.25, 0.3) is 5.91 Å². The molecule has 2 heterocycles. The molecule has 0 bridgehead atoms. The molecule has 0 saturated carbocycles. The number of nitrogens with one attached hydrogen (secondary N) is 1. The molecule has 0 fully saturated rings. The molecule has 10 heteroatoms. The van der Waals surface area contributed by atoms with E-state index in [2.05, 4.69) is 10.5 Å². The van der Waals surface area contributed by atoms with Gasteiger partial charge in [-0.1, -0.05) is 11.3 Å². The molecule has 1 N–H and O–H groups in total. The molecule has 0 aliphatic carbocycles. The second-order valence-corrected chi connectivity index (χ2v) is 5.62. The van der Waals surface area contributed by atoms with Crippen molar-refractivity contribution >= 4 is 28.5 Å². The summed E-state index contributed by atoms with van der Waals surface area (Å²) in [7, 11) is 0. The van der Waals surface area contributed by atoms with Gasteiger partial charge in [-0.15, -0.1) is 0 Å². The van der Waals surface area contributed by atoms with Gasteiger partial charge in [-0.3, -0.25) is 14.9 Å². The van der Waals surface area contributed by atoms with E-state index in [1.165, 1.54) is 12.3 Å². The lowest BCUT2D eigenvalue weighted by Crippen LogP contribution is -2.24. The van der Waals surface area contributed by atoms with Crippen LogP contribution in [0.5, 0.6) is 17.2 Å². The number of hydrogen-bond donors (Lipinski definition) is 1. The highest BCUT2D eigenvalue weighted by Gasteiger charge is 2.14. The molecule has 1 aliphatic heterocycles. The maximum Gasteiger partial charge on any atom is 0.324 e. The minimum atomic E-state index is -0.486. The first-order chi connectivity index (χ1) is 11.6. The minimum absolute atomic E-state index is 0.00826. The van der Waals surface area contributed by atoms with Crippen LogP contribution in [0.4, 0.5) is 5.00 Å². The van der Waals surface area contributed by atoms with Crippen molar-refractivity contribution in [3.63, 3.8) is 0 Å². The van der Waals surface area contributed by atoms with E-state index in [9.17, 15) is 14.9 Å². The van der Waals surface area contributed by atoms with Gasteiger partial charge in [0, 0.05) is 12.1 Å². The highest BCUT2D eigenvalue weighted by molar-refractivity contribution is 7.16. The first-order valence-corrected chi connectivity index (χ1v) is 7.52. The number of nitrogens with zero attached hydrogens (tertiary/aromatic N) is 2. The molecule has 0 saturated heterocycles. The third-order valence-electron chi connectivity index (χ3n) is 2.89. The van der Waals surface area contributed by atoms with Gasteiger partial charge in [0.15, 0.2) is 18.1 Å². The van der Waals surface area contributed by atoms with Crippen LogP contribution in [-0.2, 0) is 4.79 Å². The Kier molecular flexibility index (Phi) is 4.57. The van der Waals surface area contributed by atoms with Gasteiger partial charge in [0.1, 0.15) is 5.75 Å². The number of carbonyl (C=O) groups excluding carboxylic acids is 1. The second kappa shape index (κ2) is 6.96. The number of ether oxygens (including phenoxy) is 3. The summed E-state index contributed by atoms with van der Waals surface area (Å²) in [6, 6.07) is 7.90. The zero-order valence-electron chi connectivity index (χ0n) is 12.1. The Labute approximate surface area is 139 Å². The number of hydrogen-bond acceptors (Lipinski definition) is 8. The SMILES string of the molecule is O=C(COc1ccc2c(c1)OCO2)N/N=C/c1ccc([N+](=O)[O-])s1. The number of carbonyl (C=O) groups is 1. The van der Waals surface area contributed by atoms with E-state index in [-0.39, 0.29) is 18.4 Å². The molecule has 1 aliphatic rings. The predicted molar refractivity (Wildman–Crippen MR) is 84.8 cm³/mol. The monoisotopic (exact) mass is 349 g/mol. The largest absolute Gasteiger partial charge is 0.484 e. The molecule has 124 valence electrons. The summed E-state index contributed by atoms with van der Waals surface area (Å²) in [5, 5.41) is 14.3. The number of hydrazone groups is 1. The number of nitro groups is 1. The molecular weight excluding hydrogens is 338 g/mol. The van der Waals surface area contributed by atoms with Gasteiger partial charge in [0.05, 0.1) is 16.0 Å². The Morgan fingerprint density at radius 3 is 3.00 bits per heavy atom. The Balaban J connectivity index is 1.47. The van der Waals surface area contributed by atoms with Gasteiger partial charge < -0.3 is 14.2 Å². The number of amides is 1. The van der Waals surface area contributed by atoms with Crippen molar-refractivity contribution in [3.8, 4) is 17.2 Å². The fourth-order valence-corrected chi connectivity index (χ4v) is 2.52. The minimum Gasteiger partial charge on any atom is -0.484 e. The zero-order valence-corrected chi connectivity index (χ0v) is 12.9. The Hall–Kier alpha value is -3.14. The maximum atomic E-state index is 11.6. The van der Waals surface area contributed by atoms with Crippen LogP contribution in [0.25, 0.3) is 0 Å². The Morgan fingerprint density at radius 1 is 1.38 bits per heavy atom. The van der Waals surface area contributed by atoms with Crippen LogP contribution in [0.2, 0.25) is 0 Å². The van der Waals surface area contributed by atoms with E-state index in [1.807, 2.05) is 0 Å². The summed E-state index contributed by atoms with van der Waals surface area (Å²) in [5.41, 5.74) is 2.28. The van der Waals surface area contributed by atoms with Crippen LogP contribution in [-0.4, -0.2) is 30.4 Å². The lowest BCUT2D eigenvalue weighted by molar-refractivity contribution is -0.380. The Morgan fingerprint density at radius 2 is 2.21 bits per heavy atom. The van der Waals surface area contributed by atoms with Crippen LogP contribution >= 0.6 is 11.3 Å². The third kappa shape index (κ3) is 3.79. The zero-order chi connectivity index (χ0) is 16.9. The number of benzene rings is 1. The van der Waals surface area contributed by atoms with Crippen molar-refractivity contribution in [1.82, 2.24) is 5.43 Å². The van der Waals surface area contributed by atoms with Gasteiger partial charge in [0.2, 0.25) is 6.79 Å². The highest BCUT2D eigenvalue weighted by atomic mass is 32.1.